The van der Waals surface area contributed by atoms with Crippen molar-refractivity contribution in [3.63, 3.8) is 0 Å². The van der Waals surface area contributed by atoms with E-state index >= 15 is 0 Å². The van der Waals surface area contributed by atoms with E-state index in [0.29, 0.717) is 6.10 Å². The zero-order chi connectivity index (χ0) is 13.7. The monoisotopic (exact) mass is 304 g/mol. The first-order valence-corrected chi connectivity index (χ1v) is 7.83. The maximum atomic E-state index is 12.4. The third-order valence-corrected chi connectivity index (χ3v) is 4.57. The van der Waals surface area contributed by atoms with E-state index in [1.165, 1.54) is 6.42 Å². The van der Waals surface area contributed by atoms with E-state index in [4.69, 9.17) is 4.74 Å². The first kappa shape index (κ1) is 17.7. The topological polar surface area (TPSA) is 41.6 Å². The van der Waals surface area contributed by atoms with Crippen molar-refractivity contribution in [1.82, 2.24) is 10.2 Å². The van der Waals surface area contributed by atoms with Crippen molar-refractivity contribution in [3.8, 4) is 0 Å². The summed E-state index contributed by atoms with van der Waals surface area (Å²) < 4.78 is 5.82. The van der Waals surface area contributed by atoms with Crippen LogP contribution < -0.4 is 5.32 Å². The molecule has 5 heteroatoms. The van der Waals surface area contributed by atoms with Gasteiger partial charge in [-0.05, 0) is 58.0 Å². The molecule has 0 bridgehead atoms. The molecule has 20 heavy (non-hydrogen) atoms. The van der Waals surface area contributed by atoms with Crippen molar-refractivity contribution in [1.29, 1.82) is 0 Å². The van der Waals surface area contributed by atoms with Crippen LogP contribution >= 0.6 is 12.4 Å². The Balaban J connectivity index is 0.00000200. The van der Waals surface area contributed by atoms with Crippen molar-refractivity contribution < 1.29 is 9.53 Å². The molecule has 0 aromatic carbocycles. The van der Waals surface area contributed by atoms with Gasteiger partial charge in [-0.1, -0.05) is 6.92 Å². The van der Waals surface area contributed by atoms with Crippen molar-refractivity contribution in [2.75, 3.05) is 26.7 Å². The van der Waals surface area contributed by atoms with E-state index in [0.717, 1.165) is 57.7 Å². The minimum absolute atomic E-state index is 0. The minimum Gasteiger partial charge on any atom is -0.365 e. The summed E-state index contributed by atoms with van der Waals surface area (Å²) >= 11 is 0. The molecule has 0 aromatic rings. The minimum atomic E-state index is -0.154. The molecule has 2 fully saturated rings. The smallest absolute Gasteiger partial charge is 0.251 e. The molecule has 0 spiro atoms. The van der Waals surface area contributed by atoms with Crippen LogP contribution in [-0.2, 0) is 9.53 Å². The van der Waals surface area contributed by atoms with Crippen LogP contribution in [0.15, 0.2) is 0 Å². The standard InChI is InChI=1S/C15H28N2O2.ClH/c1-3-13-4-5-14(19-13)15(18)17-10-7-12(8-11-17)6-9-16-2;/h12-14,16H,3-11H2,1-2H3;1H. The molecule has 0 aromatic heterocycles. The highest BCUT2D eigenvalue weighted by atomic mass is 35.5. The van der Waals surface area contributed by atoms with Gasteiger partial charge in [0.2, 0.25) is 0 Å². The molecule has 0 aliphatic carbocycles. The van der Waals surface area contributed by atoms with Crippen LogP contribution in [-0.4, -0.2) is 49.7 Å². The highest BCUT2D eigenvalue weighted by Crippen LogP contribution is 2.26. The first-order valence-electron chi connectivity index (χ1n) is 7.83. The molecule has 2 saturated heterocycles. The number of likely N-dealkylation sites (tertiary alicyclic amines) is 1. The van der Waals surface area contributed by atoms with Gasteiger partial charge in [0.05, 0.1) is 6.10 Å². The second-order valence-corrected chi connectivity index (χ2v) is 5.89. The number of carbonyl (C=O) groups excluding carboxylic acids is 1. The van der Waals surface area contributed by atoms with Crippen LogP contribution in [0.3, 0.4) is 0 Å². The predicted octanol–water partition coefficient (Wildman–Crippen LogP) is 2.21. The summed E-state index contributed by atoms with van der Waals surface area (Å²) in [6, 6.07) is 0. The number of carbonyl (C=O) groups is 1. The summed E-state index contributed by atoms with van der Waals surface area (Å²) in [7, 11) is 2.00. The number of hydrogen-bond donors (Lipinski definition) is 1. The Hall–Kier alpha value is -0.320. The predicted molar refractivity (Wildman–Crippen MR) is 83.3 cm³/mol. The van der Waals surface area contributed by atoms with Crippen LogP contribution in [0, 0.1) is 5.92 Å². The van der Waals surface area contributed by atoms with Crippen molar-refractivity contribution in [2.45, 2.75) is 57.7 Å². The summed E-state index contributed by atoms with van der Waals surface area (Å²) in [6.45, 7) is 5.06. The van der Waals surface area contributed by atoms with Crippen LogP contribution in [0.2, 0.25) is 0 Å². The lowest BCUT2D eigenvalue weighted by Crippen LogP contribution is -2.44. The van der Waals surface area contributed by atoms with E-state index in [-0.39, 0.29) is 24.4 Å². The van der Waals surface area contributed by atoms with E-state index in [9.17, 15) is 4.79 Å². The number of rotatable bonds is 5. The average molecular weight is 305 g/mol. The Bertz CT molecular complexity index is 294. The fourth-order valence-corrected chi connectivity index (χ4v) is 3.18. The summed E-state index contributed by atoms with van der Waals surface area (Å²) in [6.07, 6.45) is 6.67. The molecule has 4 nitrogen and oxygen atoms in total. The number of nitrogens with one attached hydrogen (secondary N) is 1. The summed E-state index contributed by atoms with van der Waals surface area (Å²) in [4.78, 5) is 14.4. The normalized spacial score (nSPS) is 27.4. The van der Waals surface area contributed by atoms with Gasteiger partial charge in [-0.15, -0.1) is 12.4 Å². The SMILES string of the molecule is CCC1CCC(C(=O)N2CCC(CCNC)CC2)O1.Cl. The molecule has 2 aliphatic rings. The van der Waals surface area contributed by atoms with Crippen molar-refractivity contribution >= 4 is 18.3 Å². The highest BCUT2D eigenvalue weighted by Gasteiger charge is 2.34. The van der Waals surface area contributed by atoms with E-state index < -0.39 is 0 Å². The first-order chi connectivity index (χ1) is 9.24. The number of halogens is 1. The van der Waals surface area contributed by atoms with E-state index in [1.54, 1.807) is 0 Å². The Morgan fingerprint density at radius 2 is 1.95 bits per heavy atom. The Morgan fingerprint density at radius 1 is 1.25 bits per heavy atom. The summed E-state index contributed by atoms with van der Waals surface area (Å²) in [5.74, 6) is 1.02. The second kappa shape index (κ2) is 8.85. The van der Waals surface area contributed by atoms with Gasteiger partial charge in [-0.25, -0.2) is 0 Å². The number of amides is 1. The second-order valence-electron chi connectivity index (χ2n) is 5.89. The molecule has 2 atom stereocenters. The Morgan fingerprint density at radius 3 is 2.50 bits per heavy atom. The van der Waals surface area contributed by atoms with Crippen molar-refractivity contribution in [3.05, 3.63) is 0 Å². The fourth-order valence-electron chi connectivity index (χ4n) is 3.18. The van der Waals surface area contributed by atoms with Crippen LogP contribution in [0.1, 0.15) is 45.4 Å². The van der Waals surface area contributed by atoms with Gasteiger partial charge < -0.3 is 15.0 Å². The van der Waals surface area contributed by atoms with Gasteiger partial charge in [0.15, 0.2) is 0 Å². The Labute approximate surface area is 129 Å². The summed E-state index contributed by atoms with van der Waals surface area (Å²) in [5.41, 5.74) is 0. The zero-order valence-electron chi connectivity index (χ0n) is 12.8. The van der Waals surface area contributed by atoms with Gasteiger partial charge in [0.1, 0.15) is 6.10 Å². The van der Waals surface area contributed by atoms with Gasteiger partial charge in [-0.2, -0.15) is 0 Å². The molecular formula is C15H29ClN2O2. The molecule has 0 saturated carbocycles. The lowest BCUT2D eigenvalue weighted by molar-refractivity contribution is -0.144. The van der Waals surface area contributed by atoms with Gasteiger partial charge in [0.25, 0.3) is 5.91 Å². The maximum Gasteiger partial charge on any atom is 0.251 e. The maximum absolute atomic E-state index is 12.4. The molecule has 2 rings (SSSR count). The average Bonchev–Trinajstić information content (AvgIpc) is 2.94. The lowest BCUT2D eigenvalue weighted by Gasteiger charge is -2.33. The number of piperidine rings is 1. The third kappa shape index (κ3) is 4.61. The van der Waals surface area contributed by atoms with E-state index in [1.807, 2.05) is 11.9 Å². The third-order valence-electron chi connectivity index (χ3n) is 4.57. The molecule has 2 aliphatic heterocycles. The molecule has 0 radical (unpaired) electrons. The van der Waals surface area contributed by atoms with Gasteiger partial charge >= 0.3 is 0 Å². The van der Waals surface area contributed by atoms with Crippen LogP contribution in [0.4, 0.5) is 0 Å². The molecule has 1 N–H and O–H groups in total. The highest BCUT2D eigenvalue weighted by molar-refractivity contribution is 5.85. The molecule has 118 valence electrons. The van der Waals surface area contributed by atoms with Crippen LogP contribution in [0.25, 0.3) is 0 Å². The van der Waals surface area contributed by atoms with E-state index in [2.05, 4.69) is 12.2 Å². The fraction of sp³-hybridized carbons (Fsp3) is 0.933. The number of hydrogen-bond acceptors (Lipinski definition) is 3. The summed E-state index contributed by atoms with van der Waals surface area (Å²) in [5, 5.41) is 3.20. The molecule has 2 heterocycles. The molecule has 2 unspecified atom stereocenters. The quantitative estimate of drug-likeness (QED) is 0.847. The Kier molecular flexibility index (Phi) is 7.85. The number of ether oxygens (including phenoxy) is 1. The van der Waals surface area contributed by atoms with Gasteiger partial charge in [0, 0.05) is 13.1 Å². The van der Waals surface area contributed by atoms with Gasteiger partial charge in [-0.3, -0.25) is 4.79 Å². The molecule has 1 amide bonds. The van der Waals surface area contributed by atoms with Crippen LogP contribution in [0.5, 0.6) is 0 Å². The largest absolute Gasteiger partial charge is 0.365 e. The number of nitrogens with zero attached hydrogens (tertiary/aromatic N) is 1. The van der Waals surface area contributed by atoms with Crippen molar-refractivity contribution in [2.24, 2.45) is 5.92 Å². The lowest BCUT2D eigenvalue weighted by atomic mass is 9.93. The zero-order valence-corrected chi connectivity index (χ0v) is 13.6. The molecular weight excluding hydrogens is 276 g/mol.